The van der Waals surface area contributed by atoms with Crippen molar-refractivity contribution in [3.05, 3.63) is 59.1 Å². The molecule has 2 aliphatic rings. The second kappa shape index (κ2) is 11.4. The molecule has 0 aliphatic carbocycles. The lowest BCUT2D eigenvalue weighted by Gasteiger charge is -2.37. The number of hydrogen-bond donors (Lipinski definition) is 1. The van der Waals surface area contributed by atoms with Crippen LogP contribution >= 0.6 is 0 Å². The van der Waals surface area contributed by atoms with E-state index in [2.05, 4.69) is 20.1 Å². The molecule has 0 saturated carbocycles. The largest absolute Gasteiger partial charge is 0.353 e. The van der Waals surface area contributed by atoms with Crippen molar-refractivity contribution >= 4 is 17.7 Å². The Kier molecular flexibility index (Phi) is 7.92. The number of carbonyl (C=O) groups excluding carboxylic acids is 1. The van der Waals surface area contributed by atoms with Crippen molar-refractivity contribution in [1.29, 1.82) is 0 Å². The van der Waals surface area contributed by atoms with Gasteiger partial charge in [0.05, 0.1) is 12.4 Å². The zero-order valence-corrected chi connectivity index (χ0v) is 22.7. The lowest BCUT2D eigenvalue weighted by Crippen LogP contribution is -2.47. The van der Waals surface area contributed by atoms with Crippen molar-refractivity contribution in [2.24, 2.45) is 5.73 Å². The Morgan fingerprint density at radius 2 is 1.80 bits per heavy atom. The fourth-order valence-electron chi connectivity index (χ4n) is 5.44. The van der Waals surface area contributed by atoms with Crippen molar-refractivity contribution in [1.82, 2.24) is 25.0 Å². The minimum Gasteiger partial charge on any atom is -0.353 e. The molecule has 0 bridgehead atoms. The summed E-state index contributed by atoms with van der Waals surface area (Å²) >= 11 is 0. The Labute approximate surface area is 230 Å². The van der Waals surface area contributed by atoms with Gasteiger partial charge < -0.3 is 25.0 Å². The highest BCUT2D eigenvalue weighted by molar-refractivity contribution is 5.92. The molecule has 1 aromatic carbocycles. The van der Waals surface area contributed by atoms with Gasteiger partial charge in [0.2, 0.25) is 0 Å². The Morgan fingerprint density at radius 1 is 1.07 bits per heavy atom. The van der Waals surface area contributed by atoms with Crippen LogP contribution in [0.1, 0.15) is 67.3 Å². The predicted octanol–water partition coefficient (Wildman–Crippen LogP) is 3.46. The maximum absolute atomic E-state index is 14.4. The molecular formula is C27H33F3N8O2. The Balaban J connectivity index is 1.21. The minimum absolute atomic E-state index is 0.0257. The second-order valence-corrected chi connectivity index (χ2v) is 10.6. The van der Waals surface area contributed by atoms with Crippen LogP contribution in [0.4, 0.5) is 25.0 Å². The molecular weight excluding hydrogens is 525 g/mol. The second-order valence-electron chi connectivity index (χ2n) is 10.6. The first-order valence-electron chi connectivity index (χ1n) is 13.5. The zero-order chi connectivity index (χ0) is 28.6. The van der Waals surface area contributed by atoms with Crippen molar-refractivity contribution in [3.63, 3.8) is 0 Å². The van der Waals surface area contributed by atoms with Crippen LogP contribution in [0, 0.1) is 17.5 Å². The van der Waals surface area contributed by atoms with Gasteiger partial charge in [0.15, 0.2) is 17.5 Å². The van der Waals surface area contributed by atoms with Crippen molar-refractivity contribution in [3.8, 4) is 0 Å². The van der Waals surface area contributed by atoms with Gasteiger partial charge in [0.1, 0.15) is 17.3 Å². The van der Waals surface area contributed by atoms with E-state index in [0.717, 1.165) is 18.9 Å². The fraction of sp³-hybridized carbons (Fsp3) is 0.519. The third-order valence-corrected chi connectivity index (χ3v) is 7.71. The summed E-state index contributed by atoms with van der Waals surface area (Å²) in [5.74, 6) is -2.64. The van der Waals surface area contributed by atoms with E-state index < -0.39 is 29.4 Å². The summed E-state index contributed by atoms with van der Waals surface area (Å²) in [5.41, 5.74) is 6.47. The zero-order valence-electron chi connectivity index (χ0n) is 22.7. The van der Waals surface area contributed by atoms with Crippen LogP contribution < -0.4 is 15.5 Å². The van der Waals surface area contributed by atoms with Crippen LogP contribution in [0.3, 0.4) is 0 Å². The van der Waals surface area contributed by atoms with Crippen LogP contribution in [-0.2, 0) is 0 Å². The molecule has 5 rings (SSSR count). The molecule has 4 heterocycles. The summed E-state index contributed by atoms with van der Waals surface area (Å²) in [7, 11) is 0. The molecule has 0 radical (unpaired) electrons. The molecule has 2 aliphatic heterocycles. The van der Waals surface area contributed by atoms with Crippen LogP contribution in [0.5, 0.6) is 0 Å². The lowest BCUT2D eigenvalue weighted by molar-refractivity contribution is 0.0655. The van der Waals surface area contributed by atoms with E-state index in [-0.39, 0.29) is 35.7 Å². The lowest BCUT2D eigenvalue weighted by atomic mass is 9.94. The smallest absolute Gasteiger partial charge is 0.324 e. The molecule has 2 N–H and O–H groups in total. The highest BCUT2D eigenvalue weighted by atomic mass is 19.2. The maximum Gasteiger partial charge on any atom is 0.324 e. The molecule has 1 amide bonds. The van der Waals surface area contributed by atoms with E-state index in [1.807, 2.05) is 30.6 Å². The monoisotopic (exact) mass is 558 g/mol. The molecule has 40 heavy (non-hydrogen) atoms. The molecule has 2 saturated heterocycles. The molecule has 2 fully saturated rings. The van der Waals surface area contributed by atoms with Crippen molar-refractivity contribution in [2.45, 2.75) is 57.5 Å². The number of aromatic nitrogens is 4. The number of benzene rings is 1. The van der Waals surface area contributed by atoms with E-state index in [1.54, 1.807) is 4.90 Å². The first-order valence-corrected chi connectivity index (χ1v) is 13.5. The number of halogens is 3. The molecule has 2 atom stereocenters. The van der Waals surface area contributed by atoms with Gasteiger partial charge in [0.25, 0.3) is 5.91 Å². The average Bonchev–Trinajstić information content (AvgIpc) is 3.59. The van der Waals surface area contributed by atoms with Gasteiger partial charge in [-0.1, -0.05) is 19.0 Å². The number of hydrogen-bond acceptors (Lipinski definition) is 9. The van der Waals surface area contributed by atoms with Crippen LogP contribution in [-0.4, -0.2) is 75.7 Å². The SMILES string of the molecule is CCN(C(=O)c1cnc(N2C[C@H](c3cc(F)c(F)cc3F)[C@@H](N)C2)cn1)C1CCN(c2nc(C(C)C)no2)CC1. The number of rotatable bonds is 7. The number of carbonyl (C=O) groups is 1. The highest BCUT2D eigenvalue weighted by Crippen LogP contribution is 2.32. The van der Waals surface area contributed by atoms with Gasteiger partial charge in [0, 0.05) is 62.7 Å². The van der Waals surface area contributed by atoms with Crippen molar-refractivity contribution in [2.75, 3.05) is 42.5 Å². The first-order chi connectivity index (χ1) is 19.2. The Bertz CT molecular complexity index is 1340. The normalized spacial score (nSPS) is 20.0. The van der Waals surface area contributed by atoms with Gasteiger partial charge in [-0.25, -0.2) is 23.1 Å². The van der Waals surface area contributed by atoms with Gasteiger partial charge in [-0.3, -0.25) is 4.79 Å². The summed E-state index contributed by atoms with van der Waals surface area (Å²) in [4.78, 5) is 32.3. The number of nitrogens with two attached hydrogens (primary N) is 1. The van der Waals surface area contributed by atoms with Crippen LogP contribution in [0.15, 0.2) is 29.0 Å². The topological polar surface area (TPSA) is 118 Å². The Morgan fingerprint density at radius 3 is 2.42 bits per heavy atom. The first kappa shape index (κ1) is 27.8. The summed E-state index contributed by atoms with van der Waals surface area (Å²) in [6.07, 6.45) is 4.41. The molecule has 13 heteroatoms. The van der Waals surface area contributed by atoms with Gasteiger partial charge in [-0.2, -0.15) is 4.98 Å². The minimum atomic E-state index is -1.24. The van der Waals surface area contributed by atoms with E-state index in [0.29, 0.717) is 49.9 Å². The van der Waals surface area contributed by atoms with Gasteiger partial charge >= 0.3 is 6.01 Å². The highest BCUT2D eigenvalue weighted by Gasteiger charge is 2.35. The number of nitrogens with zero attached hydrogens (tertiary/aromatic N) is 7. The predicted molar refractivity (Wildman–Crippen MR) is 142 cm³/mol. The third-order valence-electron chi connectivity index (χ3n) is 7.71. The summed E-state index contributed by atoms with van der Waals surface area (Å²) in [6.45, 7) is 8.43. The van der Waals surface area contributed by atoms with E-state index in [9.17, 15) is 18.0 Å². The van der Waals surface area contributed by atoms with Gasteiger partial charge in [-0.05, 0) is 31.4 Å². The van der Waals surface area contributed by atoms with Gasteiger partial charge in [-0.15, -0.1) is 0 Å². The standard InChI is InChI=1S/C27H33F3N8O2/c1-4-38(16-5-7-36(8-6-16)27-34-25(15(2)3)35-40-27)26(39)23-11-33-24(12-32-23)37-13-18(22(31)14-37)17-9-20(29)21(30)10-19(17)28/h9-12,15-16,18,22H,4-8,13-14,31H2,1-3H3/t18-,22+/m1/s1. The maximum atomic E-state index is 14.4. The third kappa shape index (κ3) is 5.47. The molecule has 214 valence electrons. The van der Waals surface area contributed by atoms with E-state index >= 15 is 0 Å². The molecule has 0 spiro atoms. The summed E-state index contributed by atoms with van der Waals surface area (Å²) in [5, 5.41) is 4.04. The molecule has 2 aromatic heterocycles. The van der Waals surface area contributed by atoms with Crippen LogP contribution in [0.25, 0.3) is 0 Å². The summed E-state index contributed by atoms with van der Waals surface area (Å²) < 4.78 is 46.9. The fourth-order valence-corrected chi connectivity index (χ4v) is 5.44. The number of piperidine rings is 1. The summed E-state index contributed by atoms with van der Waals surface area (Å²) in [6, 6.07) is 1.42. The molecule has 3 aromatic rings. The quantitative estimate of drug-likeness (QED) is 0.435. The van der Waals surface area contributed by atoms with Crippen molar-refractivity contribution < 1.29 is 22.5 Å². The van der Waals surface area contributed by atoms with E-state index in [4.69, 9.17) is 10.3 Å². The molecule has 10 nitrogen and oxygen atoms in total. The Hall–Kier alpha value is -3.74. The van der Waals surface area contributed by atoms with E-state index in [1.165, 1.54) is 12.4 Å². The van der Waals surface area contributed by atoms with Crippen LogP contribution in [0.2, 0.25) is 0 Å². The number of amides is 1. The average molecular weight is 559 g/mol. The molecule has 0 unspecified atom stereocenters. The number of anilines is 2.